The summed E-state index contributed by atoms with van der Waals surface area (Å²) in [5.41, 5.74) is 5.86. The summed E-state index contributed by atoms with van der Waals surface area (Å²) >= 11 is 1.77. The van der Waals surface area contributed by atoms with Crippen LogP contribution in [0.5, 0.6) is 0 Å². The Morgan fingerprint density at radius 1 is 1.65 bits per heavy atom. The maximum Gasteiger partial charge on any atom is 0.188 e. The molecule has 2 atom stereocenters. The second-order valence-electron chi connectivity index (χ2n) is 4.99. The number of rotatable bonds is 5. The lowest BCUT2D eigenvalue weighted by molar-refractivity contribution is 0.536. The van der Waals surface area contributed by atoms with Gasteiger partial charge in [-0.05, 0) is 29.7 Å². The Kier molecular flexibility index (Phi) is 4.05. The highest BCUT2D eigenvalue weighted by molar-refractivity contribution is 7.09. The van der Waals surface area contributed by atoms with Crippen molar-refractivity contribution in [3.8, 4) is 0 Å². The fourth-order valence-corrected chi connectivity index (χ4v) is 2.79. The van der Waals surface area contributed by atoms with Gasteiger partial charge in [0.25, 0.3) is 0 Å². The van der Waals surface area contributed by atoms with Gasteiger partial charge in [0.2, 0.25) is 0 Å². The number of hydrogen-bond donors (Lipinski definition) is 2. The standard InChI is InChI=1S/C13H21N3S/c1-9(2)11-8-12(11)16-13(14)15-6-5-10-4-3-7-17-10/h3-4,7,9,11-12H,5-6,8H2,1-2H3,(H3,14,15,16)/t11-,12+/m0/s1. The van der Waals surface area contributed by atoms with Crippen LogP contribution in [-0.2, 0) is 6.42 Å². The van der Waals surface area contributed by atoms with Gasteiger partial charge in [0.05, 0.1) is 0 Å². The fraction of sp³-hybridized carbons (Fsp3) is 0.615. The predicted octanol–water partition coefficient (Wildman–Crippen LogP) is 2.24. The van der Waals surface area contributed by atoms with Crippen molar-refractivity contribution in [2.45, 2.75) is 32.7 Å². The summed E-state index contributed by atoms with van der Waals surface area (Å²) in [6, 6.07) is 4.77. The SMILES string of the molecule is CC(C)[C@@H]1C[C@H]1NC(N)=NCCc1cccs1. The number of guanidine groups is 1. The van der Waals surface area contributed by atoms with E-state index in [-0.39, 0.29) is 0 Å². The van der Waals surface area contributed by atoms with Crippen molar-refractivity contribution in [2.75, 3.05) is 6.54 Å². The predicted molar refractivity (Wildman–Crippen MR) is 74.4 cm³/mol. The minimum atomic E-state index is 0.556. The number of nitrogens with one attached hydrogen (secondary N) is 1. The second-order valence-corrected chi connectivity index (χ2v) is 6.02. The molecule has 1 aromatic heterocycles. The molecule has 0 unspecified atom stereocenters. The van der Waals surface area contributed by atoms with Crippen LogP contribution in [0.2, 0.25) is 0 Å². The van der Waals surface area contributed by atoms with Crippen LogP contribution in [0.1, 0.15) is 25.1 Å². The third-order valence-corrected chi connectivity index (χ3v) is 4.19. The van der Waals surface area contributed by atoms with Gasteiger partial charge in [-0.3, -0.25) is 4.99 Å². The first-order valence-electron chi connectivity index (χ1n) is 6.25. The van der Waals surface area contributed by atoms with Crippen molar-refractivity contribution < 1.29 is 0 Å². The van der Waals surface area contributed by atoms with Crippen LogP contribution in [0, 0.1) is 11.8 Å². The number of thiophene rings is 1. The number of nitrogens with zero attached hydrogens (tertiary/aromatic N) is 1. The molecule has 17 heavy (non-hydrogen) atoms. The van der Waals surface area contributed by atoms with E-state index in [0.717, 1.165) is 24.8 Å². The number of aliphatic imine (C=N–C) groups is 1. The van der Waals surface area contributed by atoms with Crippen LogP contribution in [0.3, 0.4) is 0 Å². The van der Waals surface area contributed by atoms with Crippen LogP contribution in [0.25, 0.3) is 0 Å². The summed E-state index contributed by atoms with van der Waals surface area (Å²) in [6.07, 6.45) is 2.22. The second kappa shape index (κ2) is 5.54. The summed E-state index contributed by atoms with van der Waals surface area (Å²) < 4.78 is 0. The highest BCUT2D eigenvalue weighted by atomic mass is 32.1. The smallest absolute Gasteiger partial charge is 0.188 e. The lowest BCUT2D eigenvalue weighted by Crippen LogP contribution is -2.34. The van der Waals surface area contributed by atoms with E-state index in [2.05, 4.69) is 41.7 Å². The van der Waals surface area contributed by atoms with E-state index in [4.69, 9.17) is 5.73 Å². The summed E-state index contributed by atoms with van der Waals surface area (Å²) in [6.45, 7) is 5.30. The zero-order chi connectivity index (χ0) is 12.3. The maximum absolute atomic E-state index is 5.86. The summed E-state index contributed by atoms with van der Waals surface area (Å²) in [5, 5.41) is 5.39. The molecule has 0 aliphatic heterocycles. The van der Waals surface area contributed by atoms with Crippen LogP contribution >= 0.6 is 11.3 Å². The Hall–Kier alpha value is -1.03. The Bertz CT molecular complexity index is 370. The van der Waals surface area contributed by atoms with Gasteiger partial charge >= 0.3 is 0 Å². The molecule has 0 bridgehead atoms. The molecule has 1 aromatic rings. The van der Waals surface area contributed by atoms with E-state index in [1.807, 2.05) is 0 Å². The van der Waals surface area contributed by atoms with Crippen LogP contribution in [0.4, 0.5) is 0 Å². The molecule has 4 heteroatoms. The highest BCUT2D eigenvalue weighted by Crippen LogP contribution is 2.36. The third-order valence-electron chi connectivity index (χ3n) is 3.25. The summed E-state index contributed by atoms with van der Waals surface area (Å²) in [5.74, 6) is 2.13. The van der Waals surface area contributed by atoms with Crippen molar-refractivity contribution in [2.24, 2.45) is 22.6 Å². The lowest BCUT2D eigenvalue weighted by Gasteiger charge is -2.06. The van der Waals surface area contributed by atoms with Crippen LogP contribution in [0.15, 0.2) is 22.5 Å². The van der Waals surface area contributed by atoms with Gasteiger partial charge in [0.15, 0.2) is 5.96 Å². The normalized spacial score (nSPS) is 24.1. The van der Waals surface area contributed by atoms with Gasteiger partial charge in [0.1, 0.15) is 0 Å². The Labute approximate surface area is 107 Å². The van der Waals surface area contributed by atoms with Crippen molar-refractivity contribution in [1.29, 1.82) is 0 Å². The van der Waals surface area contributed by atoms with Gasteiger partial charge in [-0.25, -0.2) is 0 Å². The van der Waals surface area contributed by atoms with Crippen molar-refractivity contribution in [3.05, 3.63) is 22.4 Å². The van der Waals surface area contributed by atoms with E-state index >= 15 is 0 Å². The minimum Gasteiger partial charge on any atom is -0.370 e. The van der Waals surface area contributed by atoms with E-state index in [1.165, 1.54) is 11.3 Å². The molecule has 3 N–H and O–H groups in total. The average Bonchev–Trinajstić information content (AvgIpc) is 2.85. The first-order chi connectivity index (χ1) is 8.16. The zero-order valence-corrected chi connectivity index (χ0v) is 11.3. The molecule has 94 valence electrons. The summed E-state index contributed by atoms with van der Waals surface area (Å²) in [7, 11) is 0. The first kappa shape index (κ1) is 12.4. The highest BCUT2D eigenvalue weighted by Gasteiger charge is 2.39. The van der Waals surface area contributed by atoms with E-state index < -0.39 is 0 Å². The molecule has 3 nitrogen and oxygen atoms in total. The molecule has 1 aliphatic rings. The molecule has 0 saturated heterocycles. The van der Waals surface area contributed by atoms with E-state index in [9.17, 15) is 0 Å². The van der Waals surface area contributed by atoms with Crippen molar-refractivity contribution in [3.63, 3.8) is 0 Å². The molecular formula is C13H21N3S. The zero-order valence-electron chi connectivity index (χ0n) is 10.5. The minimum absolute atomic E-state index is 0.556. The van der Waals surface area contributed by atoms with E-state index in [1.54, 1.807) is 11.3 Å². The third kappa shape index (κ3) is 3.73. The number of nitrogens with two attached hydrogens (primary N) is 1. The van der Waals surface area contributed by atoms with Gasteiger partial charge in [-0.2, -0.15) is 0 Å². The molecule has 1 aliphatic carbocycles. The Balaban J connectivity index is 1.68. The molecular weight excluding hydrogens is 230 g/mol. The van der Waals surface area contributed by atoms with Crippen molar-refractivity contribution in [1.82, 2.24) is 5.32 Å². The monoisotopic (exact) mass is 251 g/mol. The molecule has 1 saturated carbocycles. The molecule has 2 rings (SSSR count). The molecule has 1 heterocycles. The van der Waals surface area contributed by atoms with E-state index in [0.29, 0.717) is 12.0 Å². The maximum atomic E-state index is 5.86. The quantitative estimate of drug-likeness (QED) is 0.623. The molecule has 0 aromatic carbocycles. The van der Waals surface area contributed by atoms with Gasteiger partial charge < -0.3 is 11.1 Å². The van der Waals surface area contributed by atoms with Gasteiger partial charge in [-0.15, -0.1) is 11.3 Å². The summed E-state index contributed by atoms with van der Waals surface area (Å²) in [4.78, 5) is 5.73. The van der Waals surface area contributed by atoms with Crippen molar-refractivity contribution >= 4 is 17.3 Å². The Morgan fingerprint density at radius 2 is 2.47 bits per heavy atom. The number of hydrogen-bond acceptors (Lipinski definition) is 2. The first-order valence-corrected chi connectivity index (χ1v) is 7.13. The van der Waals surface area contributed by atoms with Gasteiger partial charge in [-0.1, -0.05) is 19.9 Å². The van der Waals surface area contributed by atoms with Crippen LogP contribution < -0.4 is 11.1 Å². The lowest BCUT2D eigenvalue weighted by atomic mass is 10.1. The van der Waals surface area contributed by atoms with Gasteiger partial charge in [0, 0.05) is 23.9 Å². The molecule has 0 radical (unpaired) electrons. The largest absolute Gasteiger partial charge is 0.370 e. The average molecular weight is 251 g/mol. The molecule has 1 fully saturated rings. The Morgan fingerprint density at radius 3 is 3.06 bits per heavy atom. The van der Waals surface area contributed by atoms with Crippen LogP contribution in [-0.4, -0.2) is 18.5 Å². The topological polar surface area (TPSA) is 50.4 Å². The fourth-order valence-electron chi connectivity index (χ4n) is 2.09. The molecule has 0 amide bonds. The molecule has 0 spiro atoms.